The summed E-state index contributed by atoms with van der Waals surface area (Å²) in [5, 5.41) is 12.0. The summed E-state index contributed by atoms with van der Waals surface area (Å²) in [7, 11) is 0. The van der Waals surface area contributed by atoms with Crippen molar-refractivity contribution < 1.29 is 9.59 Å². The van der Waals surface area contributed by atoms with Gasteiger partial charge in [-0.05, 0) is 18.1 Å². The summed E-state index contributed by atoms with van der Waals surface area (Å²) in [6, 6.07) is 7.98. The van der Waals surface area contributed by atoms with Crippen LogP contribution in [0.2, 0.25) is 0 Å². The number of carbonyl (C=O) groups excluding carboxylic acids is 2. The zero-order valence-corrected chi connectivity index (χ0v) is 13.9. The standard InChI is InChI=1S/C16H18N4O2S/c1-3-11-6-4-5-7-13(11)20-9-12(8-14(20)22)15-18-19-16(23-15)17-10(2)21/h4-7,12H,3,8-9H2,1-2H3,(H,17,19,21). The lowest BCUT2D eigenvalue weighted by Crippen LogP contribution is -2.25. The quantitative estimate of drug-likeness (QED) is 0.935. The highest BCUT2D eigenvalue weighted by atomic mass is 32.1. The minimum atomic E-state index is -0.173. The average molecular weight is 330 g/mol. The zero-order valence-electron chi connectivity index (χ0n) is 13.1. The van der Waals surface area contributed by atoms with E-state index in [-0.39, 0.29) is 17.7 Å². The molecule has 3 rings (SSSR count). The van der Waals surface area contributed by atoms with Crippen LogP contribution in [-0.4, -0.2) is 28.6 Å². The molecule has 1 atom stereocenters. The van der Waals surface area contributed by atoms with E-state index in [1.54, 1.807) is 0 Å². The highest BCUT2D eigenvalue weighted by molar-refractivity contribution is 7.15. The van der Waals surface area contributed by atoms with Crippen LogP contribution in [-0.2, 0) is 16.0 Å². The van der Waals surface area contributed by atoms with Crippen molar-refractivity contribution in [2.45, 2.75) is 32.6 Å². The van der Waals surface area contributed by atoms with Gasteiger partial charge in [0.2, 0.25) is 16.9 Å². The minimum Gasteiger partial charge on any atom is -0.311 e. The molecule has 2 heterocycles. The van der Waals surface area contributed by atoms with Gasteiger partial charge < -0.3 is 10.2 Å². The summed E-state index contributed by atoms with van der Waals surface area (Å²) in [6.07, 6.45) is 1.31. The molecule has 1 aliphatic heterocycles. The maximum absolute atomic E-state index is 12.4. The van der Waals surface area contributed by atoms with Crippen LogP contribution in [0.4, 0.5) is 10.8 Å². The van der Waals surface area contributed by atoms with E-state index in [1.807, 2.05) is 23.1 Å². The molecule has 1 aromatic carbocycles. The van der Waals surface area contributed by atoms with Gasteiger partial charge in [0.25, 0.3) is 0 Å². The maximum Gasteiger partial charge on any atom is 0.227 e. The van der Waals surface area contributed by atoms with E-state index in [0.717, 1.165) is 22.7 Å². The number of nitrogens with one attached hydrogen (secondary N) is 1. The number of anilines is 2. The molecule has 1 unspecified atom stereocenters. The Morgan fingerprint density at radius 3 is 2.91 bits per heavy atom. The summed E-state index contributed by atoms with van der Waals surface area (Å²) in [6.45, 7) is 4.12. The Morgan fingerprint density at radius 1 is 1.39 bits per heavy atom. The second-order valence-electron chi connectivity index (χ2n) is 5.51. The van der Waals surface area contributed by atoms with Crippen LogP contribution in [0.3, 0.4) is 0 Å². The molecular weight excluding hydrogens is 312 g/mol. The van der Waals surface area contributed by atoms with Gasteiger partial charge in [-0.1, -0.05) is 36.5 Å². The van der Waals surface area contributed by atoms with Gasteiger partial charge in [0.1, 0.15) is 5.01 Å². The molecule has 1 N–H and O–H groups in total. The van der Waals surface area contributed by atoms with Crippen LogP contribution in [0.5, 0.6) is 0 Å². The van der Waals surface area contributed by atoms with Crippen LogP contribution in [0.25, 0.3) is 0 Å². The summed E-state index contributed by atoms with van der Waals surface area (Å²) >= 11 is 1.33. The molecule has 6 nitrogen and oxygen atoms in total. The first-order valence-electron chi connectivity index (χ1n) is 7.57. The molecule has 1 aliphatic rings. The third kappa shape index (κ3) is 3.24. The van der Waals surface area contributed by atoms with Crippen molar-refractivity contribution in [3.63, 3.8) is 0 Å². The number of hydrogen-bond donors (Lipinski definition) is 1. The van der Waals surface area contributed by atoms with Gasteiger partial charge in [-0.2, -0.15) is 0 Å². The van der Waals surface area contributed by atoms with E-state index >= 15 is 0 Å². The normalized spacial score (nSPS) is 17.6. The first-order valence-corrected chi connectivity index (χ1v) is 8.39. The fourth-order valence-electron chi connectivity index (χ4n) is 2.78. The van der Waals surface area contributed by atoms with Crippen LogP contribution in [0.1, 0.15) is 36.8 Å². The number of rotatable bonds is 4. The van der Waals surface area contributed by atoms with Crippen molar-refractivity contribution in [3.8, 4) is 0 Å². The van der Waals surface area contributed by atoms with Crippen molar-refractivity contribution >= 4 is 34.0 Å². The smallest absolute Gasteiger partial charge is 0.227 e. The van der Waals surface area contributed by atoms with Gasteiger partial charge in [-0.3, -0.25) is 9.59 Å². The Balaban J connectivity index is 1.79. The lowest BCUT2D eigenvalue weighted by Gasteiger charge is -2.19. The fourth-order valence-corrected chi connectivity index (χ4v) is 3.66. The second kappa shape index (κ2) is 6.45. The molecule has 23 heavy (non-hydrogen) atoms. The molecule has 2 amide bonds. The van der Waals surface area contributed by atoms with E-state index in [2.05, 4.69) is 28.5 Å². The molecule has 0 spiro atoms. The Morgan fingerprint density at radius 2 is 2.17 bits per heavy atom. The summed E-state index contributed by atoms with van der Waals surface area (Å²) < 4.78 is 0. The number of benzene rings is 1. The van der Waals surface area contributed by atoms with Gasteiger partial charge in [0, 0.05) is 31.5 Å². The SMILES string of the molecule is CCc1ccccc1N1CC(c2nnc(NC(C)=O)s2)CC1=O. The monoisotopic (exact) mass is 330 g/mol. The number of hydrogen-bond acceptors (Lipinski definition) is 5. The Kier molecular flexibility index (Phi) is 4.38. The number of para-hydroxylation sites is 1. The van der Waals surface area contributed by atoms with Crippen molar-refractivity contribution in [1.82, 2.24) is 10.2 Å². The molecule has 0 radical (unpaired) electrons. The Hall–Kier alpha value is -2.28. The van der Waals surface area contributed by atoms with Crippen molar-refractivity contribution in [2.24, 2.45) is 0 Å². The fraction of sp³-hybridized carbons (Fsp3) is 0.375. The topological polar surface area (TPSA) is 75.2 Å². The van der Waals surface area contributed by atoms with E-state index < -0.39 is 0 Å². The molecule has 1 saturated heterocycles. The van der Waals surface area contributed by atoms with Crippen LogP contribution >= 0.6 is 11.3 Å². The molecule has 0 saturated carbocycles. The predicted molar refractivity (Wildman–Crippen MR) is 89.7 cm³/mol. The van der Waals surface area contributed by atoms with E-state index in [4.69, 9.17) is 0 Å². The molecule has 120 valence electrons. The van der Waals surface area contributed by atoms with Crippen LogP contribution in [0.15, 0.2) is 24.3 Å². The number of nitrogens with zero attached hydrogens (tertiary/aromatic N) is 3. The molecular formula is C16H18N4O2S. The zero-order chi connectivity index (χ0) is 16.4. The predicted octanol–water partition coefficient (Wildman–Crippen LogP) is 2.58. The third-order valence-corrected chi connectivity index (χ3v) is 4.86. The van der Waals surface area contributed by atoms with Crippen molar-refractivity contribution in [1.29, 1.82) is 0 Å². The summed E-state index contributed by atoms with van der Waals surface area (Å²) in [5.41, 5.74) is 2.15. The maximum atomic E-state index is 12.4. The van der Waals surface area contributed by atoms with E-state index in [1.165, 1.54) is 18.3 Å². The average Bonchev–Trinajstić information content (AvgIpc) is 3.13. The molecule has 7 heteroatoms. The first-order chi connectivity index (χ1) is 11.1. The lowest BCUT2D eigenvalue weighted by atomic mass is 10.1. The summed E-state index contributed by atoms with van der Waals surface area (Å²) in [4.78, 5) is 25.3. The molecule has 0 bridgehead atoms. The Labute approximate surface area is 138 Å². The van der Waals surface area contributed by atoms with Gasteiger partial charge in [-0.25, -0.2) is 0 Å². The minimum absolute atomic E-state index is 0.0208. The van der Waals surface area contributed by atoms with Gasteiger partial charge in [0.05, 0.1) is 0 Å². The first kappa shape index (κ1) is 15.6. The summed E-state index contributed by atoms with van der Waals surface area (Å²) in [5.74, 6) is -0.0479. The molecule has 1 aromatic heterocycles. The highest BCUT2D eigenvalue weighted by Crippen LogP contribution is 2.35. The number of amides is 2. The third-order valence-electron chi connectivity index (χ3n) is 3.86. The second-order valence-corrected chi connectivity index (χ2v) is 6.52. The van der Waals surface area contributed by atoms with Crippen molar-refractivity contribution in [3.05, 3.63) is 34.8 Å². The van der Waals surface area contributed by atoms with Crippen molar-refractivity contribution in [2.75, 3.05) is 16.8 Å². The number of carbonyl (C=O) groups is 2. The highest BCUT2D eigenvalue weighted by Gasteiger charge is 2.34. The molecule has 2 aromatic rings. The van der Waals surface area contributed by atoms with Crippen LogP contribution in [0, 0.1) is 0 Å². The van der Waals surface area contributed by atoms with Gasteiger partial charge in [0.15, 0.2) is 0 Å². The number of aromatic nitrogens is 2. The van der Waals surface area contributed by atoms with E-state index in [9.17, 15) is 9.59 Å². The van der Waals surface area contributed by atoms with Crippen LogP contribution < -0.4 is 10.2 Å². The molecule has 1 fully saturated rings. The van der Waals surface area contributed by atoms with Gasteiger partial charge in [-0.15, -0.1) is 10.2 Å². The van der Waals surface area contributed by atoms with E-state index in [0.29, 0.717) is 18.1 Å². The van der Waals surface area contributed by atoms with Gasteiger partial charge >= 0.3 is 0 Å². The Bertz CT molecular complexity index is 743. The largest absolute Gasteiger partial charge is 0.311 e. The molecule has 0 aliphatic carbocycles. The lowest BCUT2D eigenvalue weighted by molar-refractivity contribution is -0.117. The number of aryl methyl sites for hydroxylation is 1.